The molecular formula is C21H31N5O7. The van der Waals surface area contributed by atoms with Gasteiger partial charge in [0, 0.05) is 6.42 Å². The highest BCUT2D eigenvalue weighted by atomic mass is 16.4. The van der Waals surface area contributed by atoms with Crippen LogP contribution in [-0.2, 0) is 30.4 Å². The van der Waals surface area contributed by atoms with Crippen molar-refractivity contribution in [1.82, 2.24) is 16.0 Å². The van der Waals surface area contributed by atoms with E-state index in [4.69, 9.17) is 16.6 Å². The molecule has 3 atom stereocenters. The van der Waals surface area contributed by atoms with Gasteiger partial charge in [-0.15, -0.1) is 0 Å². The molecule has 9 N–H and O–H groups in total. The number of primary amides is 1. The van der Waals surface area contributed by atoms with E-state index in [1.807, 2.05) is 13.8 Å². The van der Waals surface area contributed by atoms with Gasteiger partial charge in [-0.3, -0.25) is 24.0 Å². The number of carboxylic acids is 1. The third kappa shape index (κ3) is 10.5. The van der Waals surface area contributed by atoms with E-state index in [2.05, 4.69) is 16.0 Å². The fraction of sp³-hybridized carbons (Fsp3) is 0.476. The third-order valence-electron chi connectivity index (χ3n) is 4.52. The highest BCUT2D eigenvalue weighted by Gasteiger charge is 2.29. The number of amides is 4. The van der Waals surface area contributed by atoms with Gasteiger partial charge in [-0.2, -0.15) is 0 Å². The number of carbonyl (C=O) groups is 5. The first-order chi connectivity index (χ1) is 15.4. The topological polar surface area (TPSA) is 214 Å². The number of rotatable bonds is 13. The Morgan fingerprint density at radius 3 is 2.03 bits per heavy atom. The predicted molar refractivity (Wildman–Crippen MR) is 118 cm³/mol. The summed E-state index contributed by atoms with van der Waals surface area (Å²) in [6.45, 7) is 3.00. The second-order valence-corrected chi connectivity index (χ2v) is 8.01. The molecule has 12 nitrogen and oxygen atoms in total. The van der Waals surface area contributed by atoms with Crippen LogP contribution in [0.25, 0.3) is 0 Å². The van der Waals surface area contributed by atoms with Crippen LogP contribution in [0.2, 0.25) is 0 Å². The van der Waals surface area contributed by atoms with Crippen LogP contribution in [0.15, 0.2) is 24.3 Å². The Morgan fingerprint density at radius 1 is 0.939 bits per heavy atom. The molecule has 0 heterocycles. The minimum atomic E-state index is -1.26. The van der Waals surface area contributed by atoms with E-state index < -0.39 is 60.7 Å². The summed E-state index contributed by atoms with van der Waals surface area (Å²) >= 11 is 0. The maximum Gasteiger partial charge on any atom is 0.322 e. The number of phenols is 1. The Labute approximate surface area is 191 Å². The highest BCUT2D eigenvalue weighted by Crippen LogP contribution is 2.12. The second kappa shape index (κ2) is 13.0. The molecular weight excluding hydrogens is 434 g/mol. The molecule has 4 amide bonds. The van der Waals surface area contributed by atoms with Crippen molar-refractivity contribution in [2.24, 2.45) is 17.4 Å². The predicted octanol–water partition coefficient (Wildman–Crippen LogP) is -1.65. The van der Waals surface area contributed by atoms with E-state index in [9.17, 15) is 29.1 Å². The molecule has 0 aliphatic heterocycles. The Balaban J connectivity index is 3.02. The highest BCUT2D eigenvalue weighted by molar-refractivity contribution is 5.94. The molecule has 0 saturated carbocycles. The standard InChI is InChI=1S/C21H31N5O7/c1-11(2)7-15(25-19(31)14(22)9-17(23)28)21(33)26-16(20(32)24-10-18(29)30)8-12-3-5-13(27)6-4-12/h3-6,11,14-16,27H,7-10,22H2,1-2H3,(H2,23,28)(H,24,32)(H,25,31)(H,26,33)(H,29,30). The summed E-state index contributed by atoms with van der Waals surface area (Å²) in [4.78, 5) is 59.6. The van der Waals surface area contributed by atoms with E-state index in [0.717, 1.165) is 0 Å². The number of aliphatic carboxylic acids is 1. The van der Waals surface area contributed by atoms with Crippen LogP contribution in [0.4, 0.5) is 0 Å². The average Bonchev–Trinajstić information content (AvgIpc) is 2.71. The van der Waals surface area contributed by atoms with E-state index in [-0.39, 0.29) is 24.5 Å². The largest absolute Gasteiger partial charge is 0.508 e. The molecule has 1 aromatic carbocycles. The second-order valence-electron chi connectivity index (χ2n) is 8.01. The molecule has 3 unspecified atom stereocenters. The lowest BCUT2D eigenvalue weighted by Gasteiger charge is -2.25. The van der Waals surface area contributed by atoms with Crippen molar-refractivity contribution in [2.75, 3.05) is 6.54 Å². The zero-order valence-corrected chi connectivity index (χ0v) is 18.5. The van der Waals surface area contributed by atoms with Crippen LogP contribution in [0.5, 0.6) is 5.75 Å². The molecule has 0 saturated heterocycles. The van der Waals surface area contributed by atoms with E-state index >= 15 is 0 Å². The molecule has 33 heavy (non-hydrogen) atoms. The summed E-state index contributed by atoms with van der Waals surface area (Å²) in [6, 6.07) is 2.45. The van der Waals surface area contributed by atoms with E-state index in [1.54, 1.807) is 12.1 Å². The minimum absolute atomic E-state index is 0.000999. The Bertz CT molecular complexity index is 857. The molecule has 0 aliphatic carbocycles. The number of aromatic hydroxyl groups is 1. The lowest BCUT2D eigenvalue weighted by molar-refractivity contribution is -0.138. The van der Waals surface area contributed by atoms with Gasteiger partial charge in [-0.05, 0) is 30.0 Å². The van der Waals surface area contributed by atoms with Crippen molar-refractivity contribution in [1.29, 1.82) is 0 Å². The lowest BCUT2D eigenvalue weighted by atomic mass is 10.0. The van der Waals surface area contributed by atoms with Crippen LogP contribution >= 0.6 is 0 Å². The van der Waals surface area contributed by atoms with Crippen LogP contribution in [0, 0.1) is 5.92 Å². The van der Waals surface area contributed by atoms with Crippen molar-refractivity contribution in [3.63, 3.8) is 0 Å². The van der Waals surface area contributed by atoms with Crippen LogP contribution in [0.3, 0.4) is 0 Å². The van der Waals surface area contributed by atoms with Gasteiger partial charge >= 0.3 is 5.97 Å². The van der Waals surface area contributed by atoms with Gasteiger partial charge in [0.2, 0.25) is 23.6 Å². The van der Waals surface area contributed by atoms with Crippen LogP contribution in [0.1, 0.15) is 32.3 Å². The summed E-state index contributed by atoms with van der Waals surface area (Å²) in [6.07, 6.45) is -0.187. The summed E-state index contributed by atoms with van der Waals surface area (Å²) in [5.41, 5.74) is 11.3. The molecule has 182 valence electrons. The smallest absolute Gasteiger partial charge is 0.322 e. The first-order valence-electron chi connectivity index (χ1n) is 10.3. The van der Waals surface area contributed by atoms with Crippen molar-refractivity contribution < 1.29 is 34.2 Å². The first kappa shape index (κ1) is 27.4. The van der Waals surface area contributed by atoms with E-state index in [1.165, 1.54) is 12.1 Å². The summed E-state index contributed by atoms with van der Waals surface area (Å²) in [5.74, 6) is -4.21. The SMILES string of the molecule is CC(C)CC(NC(=O)C(N)CC(N)=O)C(=O)NC(Cc1ccc(O)cc1)C(=O)NCC(=O)O. The Hall–Kier alpha value is -3.67. The number of nitrogens with two attached hydrogens (primary N) is 2. The maximum atomic E-state index is 13.0. The summed E-state index contributed by atoms with van der Waals surface area (Å²) < 4.78 is 0. The Morgan fingerprint density at radius 2 is 1.52 bits per heavy atom. The zero-order valence-electron chi connectivity index (χ0n) is 18.5. The normalized spacial score (nSPS) is 13.5. The monoisotopic (exact) mass is 465 g/mol. The third-order valence-corrected chi connectivity index (χ3v) is 4.52. The Kier molecular flexibility index (Phi) is 10.8. The van der Waals surface area contributed by atoms with Crippen molar-refractivity contribution in [3.05, 3.63) is 29.8 Å². The fourth-order valence-corrected chi connectivity index (χ4v) is 2.93. The first-order valence-corrected chi connectivity index (χ1v) is 10.3. The zero-order chi connectivity index (χ0) is 25.1. The molecule has 0 aromatic heterocycles. The molecule has 0 aliphatic rings. The quantitative estimate of drug-likeness (QED) is 0.179. The molecule has 0 bridgehead atoms. The molecule has 0 radical (unpaired) electrons. The molecule has 1 rings (SSSR count). The van der Waals surface area contributed by atoms with Crippen LogP contribution < -0.4 is 27.4 Å². The number of hydrogen-bond donors (Lipinski definition) is 7. The van der Waals surface area contributed by atoms with Crippen molar-refractivity contribution in [3.8, 4) is 5.75 Å². The summed E-state index contributed by atoms with van der Waals surface area (Å²) in [7, 11) is 0. The molecule has 1 aromatic rings. The van der Waals surface area contributed by atoms with Crippen LogP contribution in [-0.4, -0.2) is 64.5 Å². The number of nitrogens with one attached hydrogen (secondary N) is 3. The molecule has 0 fully saturated rings. The average molecular weight is 466 g/mol. The summed E-state index contributed by atoms with van der Waals surface area (Å²) in [5, 5.41) is 25.5. The lowest BCUT2D eigenvalue weighted by Crippen LogP contribution is -2.57. The maximum absolute atomic E-state index is 13.0. The van der Waals surface area contributed by atoms with Crippen molar-refractivity contribution >= 4 is 29.6 Å². The van der Waals surface area contributed by atoms with Gasteiger partial charge in [-0.1, -0.05) is 26.0 Å². The van der Waals surface area contributed by atoms with Gasteiger partial charge in [-0.25, -0.2) is 0 Å². The molecule has 12 heteroatoms. The van der Waals surface area contributed by atoms with Gasteiger partial charge in [0.15, 0.2) is 0 Å². The van der Waals surface area contributed by atoms with Gasteiger partial charge in [0.05, 0.1) is 12.5 Å². The number of hydrogen-bond acceptors (Lipinski definition) is 7. The molecule has 0 spiro atoms. The number of benzene rings is 1. The number of carbonyl (C=O) groups excluding carboxylic acids is 4. The number of phenolic OH excluding ortho intramolecular Hbond substituents is 1. The van der Waals surface area contributed by atoms with Gasteiger partial charge < -0.3 is 37.6 Å². The van der Waals surface area contributed by atoms with Crippen molar-refractivity contribution in [2.45, 2.75) is 51.2 Å². The minimum Gasteiger partial charge on any atom is -0.508 e. The number of carboxylic acid groups (broad SMARTS) is 1. The van der Waals surface area contributed by atoms with Gasteiger partial charge in [0.25, 0.3) is 0 Å². The fourth-order valence-electron chi connectivity index (χ4n) is 2.93. The van der Waals surface area contributed by atoms with E-state index in [0.29, 0.717) is 5.56 Å². The van der Waals surface area contributed by atoms with Gasteiger partial charge in [0.1, 0.15) is 24.4 Å².